The number of hydrogen-bond acceptors (Lipinski definition) is 3. The number of carbonyl (C=O) groups excluding carboxylic acids is 1. The van der Waals surface area contributed by atoms with Gasteiger partial charge in [-0.15, -0.1) is 24.8 Å². The molecule has 1 N–H and O–H groups in total. The first-order valence-electron chi connectivity index (χ1n) is 5.55. The fourth-order valence-corrected chi connectivity index (χ4v) is 1.69. The van der Waals surface area contributed by atoms with Crippen LogP contribution in [-0.2, 0) is 9.59 Å². The highest BCUT2D eigenvalue weighted by Crippen LogP contribution is 2.32. The lowest BCUT2D eigenvalue weighted by atomic mass is 10.0. The molecule has 0 bridgehead atoms. The van der Waals surface area contributed by atoms with E-state index in [1.165, 1.54) is 13.0 Å². The zero-order valence-electron chi connectivity index (χ0n) is 10.6. The van der Waals surface area contributed by atoms with Crippen LogP contribution >= 0.6 is 11.6 Å². The molecule has 0 aliphatic rings. The van der Waals surface area contributed by atoms with Crippen molar-refractivity contribution in [1.29, 1.82) is 0 Å². The molecule has 0 aliphatic heterocycles. The van der Waals surface area contributed by atoms with Crippen LogP contribution in [-0.4, -0.2) is 23.2 Å². The number of rotatable bonds is 5. The molecule has 8 heteroatoms. The highest BCUT2D eigenvalue weighted by atomic mass is 35.5. The molecule has 0 fully saturated rings. The molecule has 1 aromatic carbocycles. The van der Waals surface area contributed by atoms with Crippen LogP contribution in [0.15, 0.2) is 24.3 Å². The van der Waals surface area contributed by atoms with Gasteiger partial charge < -0.3 is 9.84 Å². The minimum absolute atomic E-state index is 0.0309. The van der Waals surface area contributed by atoms with Crippen molar-refractivity contribution in [3.8, 4) is 5.75 Å². The van der Waals surface area contributed by atoms with E-state index in [4.69, 9.17) is 16.7 Å². The fourth-order valence-electron chi connectivity index (χ4n) is 1.50. The maximum absolute atomic E-state index is 12.2. The van der Waals surface area contributed by atoms with Crippen LogP contribution in [0.5, 0.6) is 5.75 Å². The molecule has 21 heavy (non-hydrogen) atoms. The minimum Gasteiger partial charge on any atom is -0.478 e. The van der Waals surface area contributed by atoms with Crippen LogP contribution in [0.25, 0.3) is 6.08 Å². The molecule has 0 aliphatic carbocycles. The number of ether oxygens (including phenoxy) is 1. The lowest BCUT2D eigenvalue weighted by Crippen LogP contribution is -2.17. The molecule has 0 saturated carbocycles. The van der Waals surface area contributed by atoms with Gasteiger partial charge >= 0.3 is 12.3 Å². The first kappa shape index (κ1) is 17.0. The van der Waals surface area contributed by atoms with Gasteiger partial charge in [-0.1, -0.05) is 6.07 Å². The summed E-state index contributed by atoms with van der Waals surface area (Å²) in [5, 5.41) is 7.35. The van der Waals surface area contributed by atoms with Gasteiger partial charge in [0.15, 0.2) is 5.78 Å². The van der Waals surface area contributed by atoms with Gasteiger partial charge in [-0.3, -0.25) is 4.79 Å². The van der Waals surface area contributed by atoms with E-state index in [9.17, 15) is 22.8 Å². The van der Waals surface area contributed by atoms with Crippen LogP contribution < -0.4 is 4.74 Å². The molecular weight excluding hydrogens is 313 g/mol. The summed E-state index contributed by atoms with van der Waals surface area (Å²) in [7, 11) is 0. The van der Waals surface area contributed by atoms with Crippen molar-refractivity contribution in [1.82, 2.24) is 0 Å². The summed E-state index contributed by atoms with van der Waals surface area (Å²) >= 11 is 5.84. The first-order chi connectivity index (χ1) is 9.60. The second kappa shape index (κ2) is 6.62. The Morgan fingerprint density at radius 3 is 2.48 bits per heavy atom. The Morgan fingerprint density at radius 1 is 1.38 bits per heavy atom. The number of alkyl halides is 4. The number of carbonyl (C=O) groups is 2. The largest absolute Gasteiger partial charge is 0.573 e. The van der Waals surface area contributed by atoms with E-state index < -0.39 is 29.2 Å². The van der Waals surface area contributed by atoms with Crippen molar-refractivity contribution in [2.75, 3.05) is 0 Å². The van der Waals surface area contributed by atoms with Crippen LogP contribution in [0.2, 0.25) is 0 Å². The maximum atomic E-state index is 12.2. The summed E-state index contributed by atoms with van der Waals surface area (Å²) in [6.45, 7) is 1.17. The number of carboxylic acids is 1. The Kier molecular flexibility index (Phi) is 5.37. The van der Waals surface area contributed by atoms with Crippen molar-refractivity contribution in [3.05, 3.63) is 35.4 Å². The molecule has 0 radical (unpaired) electrons. The van der Waals surface area contributed by atoms with E-state index in [0.29, 0.717) is 0 Å². The predicted molar refractivity (Wildman–Crippen MR) is 69.1 cm³/mol. The number of Topliss-reactive ketones (excluding diaryl/α,β-unsaturated/α-hetero) is 1. The summed E-state index contributed by atoms with van der Waals surface area (Å²) in [6, 6.07) is 3.14. The van der Waals surface area contributed by atoms with Crippen molar-refractivity contribution in [3.63, 3.8) is 0 Å². The lowest BCUT2D eigenvalue weighted by molar-refractivity contribution is -0.274. The summed E-state index contributed by atoms with van der Waals surface area (Å²) in [5.41, 5.74) is 0.241. The molecule has 1 unspecified atom stereocenters. The van der Waals surface area contributed by atoms with Gasteiger partial charge in [-0.2, -0.15) is 0 Å². The van der Waals surface area contributed by atoms with E-state index >= 15 is 0 Å². The maximum Gasteiger partial charge on any atom is 0.573 e. The lowest BCUT2D eigenvalue weighted by Gasteiger charge is -2.14. The average Bonchev–Trinajstić information content (AvgIpc) is 2.34. The van der Waals surface area contributed by atoms with E-state index in [2.05, 4.69) is 4.74 Å². The van der Waals surface area contributed by atoms with Crippen LogP contribution in [0.1, 0.15) is 23.4 Å². The number of hydrogen-bond donors (Lipinski definition) is 1. The van der Waals surface area contributed by atoms with Crippen LogP contribution in [0.4, 0.5) is 13.2 Å². The predicted octanol–water partition coefficient (Wildman–Crippen LogP) is 3.55. The Bertz CT molecular complexity index is 581. The normalized spacial score (nSPS) is 13.2. The van der Waals surface area contributed by atoms with Crippen molar-refractivity contribution < 1.29 is 32.6 Å². The summed E-state index contributed by atoms with van der Waals surface area (Å²) < 4.78 is 40.3. The smallest absolute Gasteiger partial charge is 0.478 e. The van der Waals surface area contributed by atoms with Gasteiger partial charge in [-0.25, -0.2) is 4.79 Å². The Labute approximate surface area is 122 Å². The fraction of sp³-hybridized carbons (Fsp3) is 0.231. The number of carboxylic acid groups (broad SMARTS) is 1. The zero-order chi connectivity index (χ0) is 16.2. The van der Waals surface area contributed by atoms with Crippen LogP contribution in [0.3, 0.4) is 0 Å². The molecule has 1 aromatic rings. The van der Waals surface area contributed by atoms with E-state index in [-0.39, 0.29) is 11.1 Å². The molecule has 0 heterocycles. The van der Waals surface area contributed by atoms with Gasteiger partial charge in [0.1, 0.15) is 11.1 Å². The summed E-state index contributed by atoms with van der Waals surface area (Å²) in [6.07, 6.45) is -2.96. The average molecular weight is 323 g/mol. The third-order valence-electron chi connectivity index (χ3n) is 2.33. The summed E-state index contributed by atoms with van der Waals surface area (Å²) in [4.78, 5) is 21.8. The standard InChI is InChI=1S/C13H10ClF3O4/c1-7(18)12(14)10-6-9(21-13(15,16)17)4-2-8(10)3-5-11(19)20/h2-6,12H,1H3,(H,19,20). The Balaban J connectivity index is 3.26. The molecule has 4 nitrogen and oxygen atoms in total. The van der Waals surface area contributed by atoms with Gasteiger partial charge in [0.25, 0.3) is 0 Å². The highest BCUT2D eigenvalue weighted by molar-refractivity contribution is 6.31. The van der Waals surface area contributed by atoms with Gasteiger partial charge in [0.05, 0.1) is 0 Å². The van der Waals surface area contributed by atoms with Gasteiger partial charge in [0, 0.05) is 6.08 Å². The second-order valence-electron chi connectivity index (χ2n) is 3.98. The minimum atomic E-state index is -4.88. The van der Waals surface area contributed by atoms with Gasteiger partial charge in [0.2, 0.25) is 0 Å². The van der Waals surface area contributed by atoms with Crippen molar-refractivity contribution >= 4 is 29.4 Å². The SMILES string of the molecule is CC(=O)C(Cl)c1cc(OC(F)(F)F)ccc1C=CC(=O)O. The van der Waals surface area contributed by atoms with Crippen molar-refractivity contribution in [2.45, 2.75) is 18.7 Å². The molecular formula is C13H10ClF3O4. The molecule has 0 aromatic heterocycles. The first-order valence-corrected chi connectivity index (χ1v) is 5.99. The molecule has 114 valence electrons. The molecule has 0 amide bonds. The topological polar surface area (TPSA) is 63.6 Å². The molecule has 0 saturated heterocycles. The number of aliphatic carboxylic acids is 1. The molecule has 0 spiro atoms. The third-order valence-corrected chi connectivity index (χ3v) is 2.87. The van der Waals surface area contributed by atoms with Gasteiger partial charge in [-0.05, 0) is 36.3 Å². The second-order valence-corrected chi connectivity index (χ2v) is 4.42. The van der Waals surface area contributed by atoms with E-state index in [1.807, 2.05) is 0 Å². The number of halogens is 4. The van der Waals surface area contributed by atoms with E-state index in [1.54, 1.807) is 0 Å². The highest BCUT2D eigenvalue weighted by Gasteiger charge is 2.31. The Hall–Kier alpha value is -2.02. The quantitative estimate of drug-likeness (QED) is 0.665. The third kappa shape index (κ3) is 5.47. The van der Waals surface area contributed by atoms with E-state index in [0.717, 1.165) is 24.3 Å². The molecule has 1 rings (SSSR count). The van der Waals surface area contributed by atoms with Crippen LogP contribution in [0, 0.1) is 0 Å². The summed E-state index contributed by atoms with van der Waals surface area (Å²) in [5.74, 6) is -2.28. The number of benzene rings is 1. The zero-order valence-corrected chi connectivity index (χ0v) is 11.4. The number of ketones is 1. The molecule has 1 atom stereocenters. The monoisotopic (exact) mass is 322 g/mol. The van der Waals surface area contributed by atoms with Crippen molar-refractivity contribution in [2.24, 2.45) is 0 Å². The Morgan fingerprint density at radius 2 is 2.00 bits per heavy atom.